The lowest BCUT2D eigenvalue weighted by molar-refractivity contribution is 0.324. The van der Waals surface area contributed by atoms with E-state index in [2.05, 4.69) is 24.3 Å². The van der Waals surface area contributed by atoms with Crippen LogP contribution in [-0.4, -0.2) is 26.3 Å². The number of fused-ring (bicyclic) bond motifs is 3. The van der Waals surface area contributed by atoms with Crippen LogP contribution in [0.2, 0.25) is 0 Å². The van der Waals surface area contributed by atoms with Gasteiger partial charge in [-0.2, -0.15) is 0 Å². The molecule has 0 radical (unpaired) electrons. The van der Waals surface area contributed by atoms with Crippen LogP contribution in [0.4, 0.5) is 0 Å². The van der Waals surface area contributed by atoms with E-state index in [1.807, 2.05) is 36.4 Å². The minimum absolute atomic E-state index is 0.587. The molecular formula is C22H19NO3S. The Hall–Kier alpha value is -3.05. The average Bonchev–Trinajstić information content (AvgIpc) is 3.15. The quantitative estimate of drug-likeness (QED) is 0.451. The molecule has 0 aliphatic heterocycles. The van der Waals surface area contributed by atoms with Crippen LogP contribution in [0.15, 0.2) is 48.5 Å². The van der Waals surface area contributed by atoms with Crippen LogP contribution in [-0.2, 0) is 0 Å². The minimum Gasteiger partial charge on any atom is -0.493 e. The van der Waals surface area contributed by atoms with Crippen molar-refractivity contribution in [2.75, 3.05) is 21.3 Å². The van der Waals surface area contributed by atoms with E-state index in [4.69, 9.17) is 19.2 Å². The molecule has 0 fully saturated rings. The maximum atomic E-state index is 5.42. The van der Waals surface area contributed by atoms with E-state index in [0.717, 1.165) is 16.1 Å². The maximum absolute atomic E-state index is 5.42. The first-order valence-corrected chi connectivity index (χ1v) is 9.31. The van der Waals surface area contributed by atoms with Gasteiger partial charge in [-0.1, -0.05) is 36.4 Å². The number of benzene rings is 3. The summed E-state index contributed by atoms with van der Waals surface area (Å²) in [5.41, 5.74) is 2.00. The van der Waals surface area contributed by atoms with Gasteiger partial charge in [0.25, 0.3) is 0 Å². The van der Waals surface area contributed by atoms with Crippen molar-refractivity contribution in [2.45, 2.75) is 0 Å². The van der Waals surface area contributed by atoms with E-state index in [-0.39, 0.29) is 0 Å². The molecule has 1 aromatic heterocycles. The van der Waals surface area contributed by atoms with Crippen LogP contribution in [0.25, 0.3) is 33.1 Å². The van der Waals surface area contributed by atoms with Crippen LogP contribution in [0.3, 0.4) is 0 Å². The predicted molar refractivity (Wildman–Crippen MR) is 112 cm³/mol. The molecule has 0 saturated heterocycles. The molecule has 0 bridgehead atoms. The van der Waals surface area contributed by atoms with Crippen molar-refractivity contribution < 1.29 is 14.2 Å². The fourth-order valence-corrected chi connectivity index (χ4v) is 4.00. The molecule has 4 aromatic rings. The lowest BCUT2D eigenvalue weighted by atomic mass is 10.1. The Morgan fingerprint density at radius 3 is 2.30 bits per heavy atom. The summed E-state index contributed by atoms with van der Waals surface area (Å²) in [5, 5.41) is 3.34. The third-order valence-corrected chi connectivity index (χ3v) is 5.39. The lowest BCUT2D eigenvalue weighted by Crippen LogP contribution is -1.95. The second-order valence-corrected chi connectivity index (χ2v) is 7.04. The van der Waals surface area contributed by atoms with Crippen LogP contribution < -0.4 is 14.2 Å². The van der Waals surface area contributed by atoms with Crippen molar-refractivity contribution in [1.82, 2.24) is 4.98 Å². The van der Waals surface area contributed by atoms with Gasteiger partial charge in [0.2, 0.25) is 5.75 Å². The molecule has 0 saturated carbocycles. The van der Waals surface area contributed by atoms with E-state index < -0.39 is 0 Å². The molecule has 5 heteroatoms. The molecular weight excluding hydrogens is 358 g/mol. The van der Waals surface area contributed by atoms with Gasteiger partial charge >= 0.3 is 0 Å². The van der Waals surface area contributed by atoms with Crippen molar-refractivity contribution in [2.24, 2.45) is 0 Å². The average molecular weight is 377 g/mol. The topological polar surface area (TPSA) is 40.6 Å². The summed E-state index contributed by atoms with van der Waals surface area (Å²) in [4.78, 5) is 4.82. The summed E-state index contributed by atoms with van der Waals surface area (Å²) < 4.78 is 17.4. The number of methoxy groups -OCH3 is 3. The molecule has 3 aromatic carbocycles. The van der Waals surface area contributed by atoms with E-state index in [9.17, 15) is 0 Å². The maximum Gasteiger partial charge on any atom is 0.203 e. The number of thiazole rings is 1. The first-order valence-electron chi connectivity index (χ1n) is 8.50. The van der Waals surface area contributed by atoms with Gasteiger partial charge in [0.15, 0.2) is 11.5 Å². The van der Waals surface area contributed by atoms with Crippen molar-refractivity contribution in [1.29, 1.82) is 0 Å². The monoisotopic (exact) mass is 377 g/mol. The largest absolute Gasteiger partial charge is 0.493 e. The number of nitrogens with zero attached hydrogens (tertiary/aromatic N) is 1. The zero-order valence-corrected chi connectivity index (χ0v) is 16.2. The smallest absolute Gasteiger partial charge is 0.203 e. The molecule has 0 spiro atoms. The standard InChI is InChI=1S/C22H19NO3S/c1-24-17-12-14(13-18(25-2)22(17)26-3)8-11-20-23-21-16-7-5-4-6-15(16)9-10-19(21)27-20/h4-13H,1-3H3. The van der Waals surface area contributed by atoms with Crippen LogP contribution in [0.1, 0.15) is 10.6 Å². The van der Waals surface area contributed by atoms with E-state index in [0.29, 0.717) is 17.2 Å². The molecule has 0 aliphatic rings. The van der Waals surface area contributed by atoms with Crippen LogP contribution >= 0.6 is 11.3 Å². The summed E-state index contributed by atoms with van der Waals surface area (Å²) in [7, 11) is 4.83. The number of aromatic nitrogens is 1. The zero-order chi connectivity index (χ0) is 18.8. The van der Waals surface area contributed by atoms with Gasteiger partial charge in [-0.3, -0.25) is 0 Å². The molecule has 27 heavy (non-hydrogen) atoms. The second kappa shape index (κ2) is 7.29. The first kappa shape index (κ1) is 17.4. The number of hydrogen-bond acceptors (Lipinski definition) is 5. The first-order chi connectivity index (χ1) is 13.2. The zero-order valence-electron chi connectivity index (χ0n) is 15.4. The van der Waals surface area contributed by atoms with E-state index in [1.54, 1.807) is 32.7 Å². The third-order valence-electron chi connectivity index (χ3n) is 4.41. The van der Waals surface area contributed by atoms with Crippen LogP contribution in [0, 0.1) is 0 Å². The molecule has 4 rings (SSSR count). The molecule has 0 atom stereocenters. The highest BCUT2D eigenvalue weighted by Crippen LogP contribution is 2.39. The highest BCUT2D eigenvalue weighted by atomic mass is 32.1. The molecule has 4 nitrogen and oxygen atoms in total. The van der Waals surface area contributed by atoms with Gasteiger partial charge in [-0.25, -0.2) is 4.98 Å². The Morgan fingerprint density at radius 1 is 0.852 bits per heavy atom. The fraction of sp³-hybridized carbons (Fsp3) is 0.136. The summed E-state index contributed by atoms with van der Waals surface area (Å²) >= 11 is 1.67. The Bertz CT molecular complexity index is 1120. The summed E-state index contributed by atoms with van der Waals surface area (Å²) in [5.74, 6) is 1.85. The van der Waals surface area contributed by atoms with Gasteiger partial charge in [0.1, 0.15) is 5.01 Å². The van der Waals surface area contributed by atoms with Crippen LogP contribution in [0.5, 0.6) is 17.2 Å². The number of rotatable bonds is 5. The summed E-state index contributed by atoms with van der Waals surface area (Å²) in [6.45, 7) is 0. The van der Waals surface area contributed by atoms with Gasteiger partial charge < -0.3 is 14.2 Å². The Labute approximate surface area is 161 Å². The van der Waals surface area contributed by atoms with Gasteiger partial charge in [-0.15, -0.1) is 11.3 Å². The van der Waals surface area contributed by atoms with E-state index >= 15 is 0 Å². The molecule has 136 valence electrons. The highest BCUT2D eigenvalue weighted by molar-refractivity contribution is 7.19. The molecule has 0 N–H and O–H groups in total. The lowest BCUT2D eigenvalue weighted by Gasteiger charge is -2.12. The highest BCUT2D eigenvalue weighted by Gasteiger charge is 2.12. The second-order valence-electron chi connectivity index (χ2n) is 5.98. The Kier molecular flexibility index (Phi) is 4.69. The number of hydrogen-bond donors (Lipinski definition) is 0. The van der Waals surface area contributed by atoms with Crippen molar-refractivity contribution in [3.63, 3.8) is 0 Å². The number of ether oxygens (including phenoxy) is 3. The summed E-state index contributed by atoms with van der Waals surface area (Å²) in [6.07, 6.45) is 4.02. The normalized spacial score (nSPS) is 11.4. The van der Waals surface area contributed by atoms with Crippen molar-refractivity contribution in [3.05, 3.63) is 59.1 Å². The van der Waals surface area contributed by atoms with E-state index in [1.165, 1.54) is 15.5 Å². The van der Waals surface area contributed by atoms with Gasteiger partial charge in [-0.05, 0) is 35.2 Å². The molecule has 0 unspecified atom stereocenters. The Balaban J connectivity index is 1.73. The molecule has 0 amide bonds. The van der Waals surface area contributed by atoms with Gasteiger partial charge in [0.05, 0.1) is 31.5 Å². The third kappa shape index (κ3) is 3.22. The van der Waals surface area contributed by atoms with Crippen molar-refractivity contribution in [3.8, 4) is 17.2 Å². The van der Waals surface area contributed by atoms with Crippen molar-refractivity contribution >= 4 is 44.5 Å². The SMILES string of the molecule is COc1cc(C=Cc2nc3c(ccc4ccccc43)s2)cc(OC)c1OC. The molecule has 0 aliphatic carbocycles. The van der Waals surface area contributed by atoms with Gasteiger partial charge in [0, 0.05) is 5.39 Å². The Morgan fingerprint density at radius 2 is 1.59 bits per heavy atom. The molecule has 1 heterocycles. The minimum atomic E-state index is 0.587. The fourth-order valence-electron chi connectivity index (χ4n) is 3.11. The summed E-state index contributed by atoms with van der Waals surface area (Å²) in [6, 6.07) is 16.4. The predicted octanol–water partition coefficient (Wildman–Crippen LogP) is 5.65.